The first-order chi connectivity index (χ1) is 22.5. The highest BCUT2D eigenvalue weighted by Gasteiger charge is 2.20. The summed E-state index contributed by atoms with van der Waals surface area (Å²) in [7, 11) is 0. The molecule has 0 saturated carbocycles. The Hall–Kier alpha value is -4.44. The lowest BCUT2D eigenvalue weighted by Crippen LogP contribution is -2.33. The summed E-state index contributed by atoms with van der Waals surface area (Å²) in [5, 5.41) is 23.1. The Kier molecular flexibility index (Phi) is 12.4. The van der Waals surface area contributed by atoms with Gasteiger partial charge in [0.25, 0.3) is 0 Å². The zero-order valence-electron chi connectivity index (χ0n) is 28.5. The predicted molar refractivity (Wildman–Crippen MR) is 177 cm³/mol. The highest BCUT2D eigenvalue weighted by Crippen LogP contribution is 2.16. The number of unbranched alkanes of at least 4 members (excludes halogenated alkanes) is 2. The maximum absolute atomic E-state index is 11.5. The molecule has 4 heterocycles. The summed E-state index contributed by atoms with van der Waals surface area (Å²) >= 11 is 0. The topological polar surface area (TPSA) is 164 Å². The van der Waals surface area contributed by atoms with E-state index in [1.54, 1.807) is 23.0 Å². The fourth-order valence-corrected chi connectivity index (χ4v) is 6.08. The van der Waals surface area contributed by atoms with Gasteiger partial charge in [0.2, 0.25) is 0 Å². The molecule has 0 unspecified atom stereocenters. The quantitative estimate of drug-likeness (QED) is 0.0774. The Bertz CT molecular complexity index is 1480. The molecule has 0 bridgehead atoms. The van der Waals surface area contributed by atoms with Crippen LogP contribution in [-0.2, 0) is 26.2 Å². The molecular formula is C31H48N12O4. The van der Waals surface area contributed by atoms with Gasteiger partial charge >= 0.3 is 11.6 Å². The normalized spacial score (nSPS) is 11.7. The van der Waals surface area contributed by atoms with Gasteiger partial charge in [0.05, 0.1) is 0 Å². The van der Waals surface area contributed by atoms with Gasteiger partial charge in [-0.1, -0.05) is 6.42 Å². The lowest BCUT2D eigenvalue weighted by Gasteiger charge is -2.24. The number of imidazole rings is 4. The molecule has 0 radical (unpaired) electrons. The van der Waals surface area contributed by atoms with Gasteiger partial charge in [0, 0.05) is 76.9 Å². The largest absolute Gasteiger partial charge is 0.358 e. The Balaban J connectivity index is 1.35. The molecule has 4 aromatic rings. The molecule has 0 amide bonds. The van der Waals surface area contributed by atoms with Gasteiger partial charge in [-0.2, -0.15) is 0 Å². The third-order valence-electron chi connectivity index (χ3n) is 8.96. The molecule has 0 aliphatic rings. The standard InChI is InChI=1S/C31H48N12O4/c1-24-20-32-26(3)38(24)16-12-36(14-18-40-28(5)34-22-30(40)42(44)45)10-8-7-9-11-37(13-17-39-25(2)21-33-27(39)4)15-19-41-29(6)35-23-31(41)43(46)47/h20-23H,7-19H2,1-6H3. The van der Waals surface area contributed by atoms with Gasteiger partial charge in [0.1, 0.15) is 37.1 Å². The summed E-state index contributed by atoms with van der Waals surface area (Å²) in [6, 6.07) is 0. The molecule has 16 nitrogen and oxygen atoms in total. The van der Waals surface area contributed by atoms with E-state index in [1.807, 2.05) is 26.2 Å². The van der Waals surface area contributed by atoms with Gasteiger partial charge in [-0.15, -0.1) is 0 Å². The zero-order chi connectivity index (χ0) is 34.1. The van der Waals surface area contributed by atoms with Crippen LogP contribution in [0.15, 0.2) is 24.8 Å². The van der Waals surface area contributed by atoms with E-state index in [4.69, 9.17) is 0 Å². The highest BCUT2D eigenvalue weighted by atomic mass is 16.6. The van der Waals surface area contributed by atoms with Crippen molar-refractivity contribution >= 4 is 11.6 Å². The number of aromatic nitrogens is 8. The lowest BCUT2D eigenvalue weighted by atomic mass is 10.2. The summed E-state index contributed by atoms with van der Waals surface area (Å²) in [6.07, 6.45) is 9.38. The number of hydrogen-bond acceptors (Lipinski definition) is 10. The first-order valence-electron chi connectivity index (χ1n) is 16.2. The number of nitro groups is 2. The summed E-state index contributed by atoms with van der Waals surface area (Å²) in [4.78, 5) is 44.2. The van der Waals surface area contributed by atoms with E-state index in [-0.39, 0.29) is 21.5 Å². The van der Waals surface area contributed by atoms with Crippen molar-refractivity contribution in [2.24, 2.45) is 0 Å². The van der Waals surface area contributed by atoms with E-state index >= 15 is 0 Å². The van der Waals surface area contributed by atoms with Crippen LogP contribution in [0.3, 0.4) is 0 Å². The van der Waals surface area contributed by atoms with Gasteiger partial charge < -0.3 is 29.4 Å². The molecular weight excluding hydrogens is 604 g/mol. The first kappa shape index (κ1) is 35.4. The second kappa shape index (κ2) is 16.4. The third-order valence-corrected chi connectivity index (χ3v) is 8.96. The average molecular weight is 653 g/mol. The van der Waals surface area contributed by atoms with Crippen molar-refractivity contribution in [1.29, 1.82) is 0 Å². The molecule has 47 heavy (non-hydrogen) atoms. The SMILES string of the molecule is Cc1cnc(C)n1CCN(CCCCCN(CCn1c(C)cnc1C)CCn1c([N+](=O)[O-])cnc1C)CCn1c([N+](=O)[O-])cnc1C. The predicted octanol–water partition coefficient (Wildman–Crippen LogP) is 4.01. The molecule has 0 atom stereocenters. The van der Waals surface area contributed by atoms with Gasteiger partial charge in [-0.3, -0.25) is 9.80 Å². The van der Waals surface area contributed by atoms with Crippen molar-refractivity contribution in [3.05, 3.63) is 79.7 Å². The summed E-state index contributed by atoms with van der Waals surface area (Å²) < 4.78 is 7.75. The van der Waals surface area contributed by atoms with Crippen LogP contribution < -0.4 is 0 Å². The van der Waals surface area contributed by atoms with Crippen molar-refractivity contribution in [2.45, 2.75) is 87.0 Å². The van der Waals surface area contributed by atoms with Crippen LogP contribution in [0.4, 0.5) is 11.6 Å². The van der Waals surface area contributed by atoms with Crippen molar-refractivity contribution in [1.82, 2.24) is 48.0 Å². The average Bonchev–Trinajstić information content (AvgIpc) is 3.77. The lowest BCUT2D eigenvalue weighted by molar-refractivity contribution is -0.392. The third kappa shape index (κ3) is 9.32. The number of hydrogen-bond donors (Lipinski definition) is 0. The maximum Gasteiger partial charge on any atom is 0.342 e. The minimum Gasteiger partial charge on any atom is -0.358 e. The van der Waals surface area contributed by atoms with Crippen molar-refractivity contribution in [3.8, 4) is 0 Å². The zero-order valence-corrected chi connectivity index (χ0v) is 28.5. The Morgan fingerprint density at radius 1 is 0.511 bits per heavy atom. The van der Waals surface area contributed by atoms with Crippen LogP contribution in [0.25, 0.3) is 0 Å². The van der Waals surface area contributed by atoms with Crippen LogP contribution in [0.2, 0.25) is 0 Å². The van der Waals surface area contributed by atoms with E-state index in [1.165, 1.54) is 12.4 Å². The van der Waals surface area contributed by atoms with Crippen molar-refractivity contribution in [2.75, 3.05) is 39.3 Å². The monoisotopic (exact) mass is 652 g/mol. The van der Waals surface area contributed by atoms with Crippen LogP contribution in [0.1, 0.15) is 53.9 Å². The van der Waals surface area contributed by atoms with E-state index < -0.39 is 0 Å². The van der Waals surface area contributed by atoms with Crippen molar-refractivity contribution < 1.29 is 9.85 Å². The number of rotatable bonds is 20. The van der Waals surface area contributed by atoms with Crippen LogP contribution >= 0.6 is 0 Å². The van der Waals surface area contributed by atoms with Crippen LogP contribution in [0, 0.1) is 61.8 Å². The fraction of sp³-hybridized carbons (Fsp3) is 0.613. The molecule has 256 valence electrons. The maximum atomic E-state index is 11.5. The minimum absolute atomic E-state index is 0.0149. The van der Waals surface area contributed by atoms with E-state index in [0.29, 0.717) is 37.8 Å². The number of nitrogens with zero attached hydrogens (tertiary/aromatic N) is 12. The molecule has 4 rings (SSSR count). The molecule has 0 aliphatic heterocycles. The molecule has 0 aliphatic carbocycles. The number of aryl methyl sites for hydroxylation is 6. The highest BCUT2D eigenvalue weighted by molar-refractivity contribution is 5.19. The summed E-state index contributed by atoms with van der Waals surface area (Å²) in [6.45, 7) is 18.9. The van der Waals surface area contributed by atoms with Crippen molar-refractivity contribution in [3.63, 3.8) is 0 Å². The molecule has 0 spiro atoms. The molecule has 0 aromatic carbocycles. The van der Waals surface area contributed by atoms with Gasteiger partial charge in [0.15, 0.2) is 11.6 Å². The van der Waals surface area contributed by atoms with E-state index in [9.17, 15) is 20.2 Å². The molecule has 4 aromatic heterocycles. The molecule has 16 heteroatoms. The van der Waals surface area contributed by atoms with Gasteiger partial charge in [-0.05, 0) is 63.5 Å². The Labute approximate surface area is 275 Å². The van der Waals surface area contributed by atoms with Crippen LogP contribution in [0.5, 0.6) is 0 Å². The Morgan fingerprint density at radius 2 is 0.830 bits per heavy atom. The first-order valence-corrected chi connectivity index (χ1v) is 16.2. The Morgan fingerprint density at radius 3 is 1.15 bits per heavy atom. The summed E-state index contributed by atoms with van der Waals surface area (Å²) in [5.41, 5.74) is 2.22. The molecule has 0 fully saturated rings. The fourth-order valence-electron chi connectivity index (χ4n) is 6.08. The van der Waals surface area contributed by atoms with Crippen LogP contribution in [-0.4, -0.2) is 97.1 Å². The molecule has 0 N–H and O–H groups in total. The van der Waals surface area contributed by atoms with E-state index in [2.05, 4.69) is 52.7 Å². The smallest absolute Gasteiger partial charge is 0.342 e. The van der Waals surface area contributed by atoms with E-state index in [0.717, 1.165) is 81.6 Å². The molecule has 0 saturated heterocycles. The second-order valence-electron chi connectivity index (χ2n) is 12.1. The second-order valence-corrected chi connectivity index (χ2v) is 12.1. The minimum atomic E-state index is -0.379. The summed E-state index contributed by atoms with van der Waals surface area (Å²) in [5.74, 6) is 3.25. The van der Waals surface area contributed by atoms with Gasteiger partial charge in [-0.25, -0.2) is 29.1 Å².